The number of rotatable bonds is 1. The third-order valence-electron chi connectivity index (χ3n) is 5.78. The number of halogens is 2. The lowest BCUT2D eigenvalue weighted by Gasteiger charge is -2.31. The van der Waals surface area contributed by atoms with E-state index in [1.165, 1.54) is 12.8 Å². The summed E-state index contributed by atoms with van der Waals surface area (Å²) in [6.07, 6.45) is 4.60. The molecule has 1 unspecified atom stereocenters. The molecule has 4 nitrogen and oxygen atoms in total. The van der Waals surface area contributed by atoms with Crippen LogP contribution in [-0.2, 0) is 4.79 Å². The minimum atomic E-state index is -0.0575. The minimum absolute atomic E-state index is 0. The van der Waals surface area contributed by atoms with Gasteiger partial charge in [0.05, 0.1) is 5.41 Å². The van der Waals surface area contributed by atoms with E-state index in [1.54, 1.807) is 0 Å². The maximum Gasteiger partial charge on any atom is 0.229 e. The third-order valence-corrected chi connectivity index (χ3v) is 5.78. The van der Waals surface area contributed by atoms with E-state index in [0.717, 1.165) is 52.1 Å². The zero-order valence-electron chi connectivity index (χ0n) is 13.2. The molecule has 124 valence electrons. The van der Waals surface area contributed by atoms with Gasteiger partial charge in [-0.3, -0.25) is 4.79 Å². The molecule has 1 atom stereocenters. The van der Waals surface area contributed by atoms with Gasteiger partial charge in [0.15, 0.2) is 0 Å². The van der Waals surface area contributed by atoms with Gasteiger partial charge in [0.1, 0.15) is 0 Å². The molecule has 1 aliphatic carbocycles. The van der Waals surface area contributed by atoms with Gasteiger partial charge in [-0.05, 0) is 57.8 Å². The van der Waals surface area contributed by atoms with Crippen molar-refractivity contribution in [2.45, 2.75) is 32.6 Å². The molecule has 0 aromatic carbocycles. The summed E-state index contributed by atoms with van der Waals surface area (Å²) in [5.41, 5.74) is 0.269. The van der Waals surface area contributed by atoms with E-state index in [-0.39, 0.29) is 30.2 Å². The van der Waals surface area contributed by atoms with Crippen molar-refractivity contribution in [3.05, 3.63) is 0 Å². The highest BCUT2D eigenvalue weighted by atomic mass is 35.5. The first-order valence-corrected chi connectivity index (χ1v) is 7.76. The molecule has 2 heterocycles. The predicted octanol–water partition coefficient (Wildman–Crippen LogP) is 1.77. The lowest BCUT2D eigenvalue weighted by Crippen LogP contribution is -2.42. The first-order valence-electron chi connectivity index (χ1n) is 7.76. The molecule has 2 saturated heterocycles. The summed E-state index contributed by atoms with van der Waals surface area (Å²) in [6, 6.07) is 0. The standard InChI is InChI=1S/C15H27N3O.2ClH/c1-14(12-15(14)4-6-16-7-5-15)13(19)18-9-3-8-17(2)10-11-18;;/h16H,3-12H2,1-2H3;2*1H. The van der Waals surface area contributed by atoms with Gasteiger partial charge in [0.25, 0.3) is 0 Å². The summed E-state index contributed by atoms with van der Waals surface area (Å²) in [6.45, 7) is 8.41. The number of carbonyl (C=O) groups is 1. The average molecular weight is 338 g/mol. The molecule has 1 saturated carbocycles. The molecule has 0 radical (unpaired) electrons. The first-order chi connectivity index (χ1) is 9.07. The number of amides is 1. The molecule has 1 amide bonds. The summed E-state index contributed by atoms with van der Waals surface area (Å²) in [7, 11) is 2.15. The largest absolute Gasteiger partial charge is 0.341 e. The summed E-state index contributed by atoms with van der Waals surface area (Å²) < 4.78 is 0. The SMILES string of the molecule is CN1CCCN(C(=O)C2(C)CC23CCNCC3)CC1.Cl.Cl. The highest BCUT2D eigenvalue weighted by Gasteiger charge is 2.68. The van der Waals surface area contributed by atoms with E-state index in [4.69, 9.17) is 0 Å². The fraction of sp³-hybridized carbons (Fsp3) is 0.933. The molecule has 2 aliphatic heterocycles. The molecule has 6 heteroatoms. The number of piperidine rings is 1. The fourth-order valence-electron chi connectivity index (χ4n) is 4.17. The predicted molar refractivity (Wildman–Crippen MR) is 90.5 cm³/mol. The average Bonchev–Trinajstić information content (AvgIpc) is 3.05. The van der Waals surface area contributed by atoms with Crippen molar-refractivity contribution in [1.82, 2.24) is 15.1 Å². The van der Waals surface area contributed by atoms with Crippen molar-refractivity contribution in [2.24, 2.45) is 10.8 Å². The van der Waals surface area contributed by atoms with Crippen molar-refractivity contribution in [3.63, 3.8) is 0 Å². The highest BCUT2D eigenvalue weighted by molar-refractivity contribution is 5.87. The maximum absolute atomic E-state index is 12.9. The lowest BCUT2D eigenvalue weighted by molar-refractivity contribution is -0.138. The molecule has 21 heavy (non-hydrogen) atoms. The van der Waals surface area contributed by atoms with Crippen LogP contribution in [0.3, 0.4) is 0 Å². The fourth-order valence-corrected chi connectivity index (χ4v) is 4.17. The molecule has 3 rings (SSSR count). The molecule has 0 bridgehead atoms. The number of likely N-dealkylation sites (N-methyl/N-ethyl adjacent to an activating group) is 1. The van der Waals surface area contributed by atoms with Crippen LogP contribution in [0.1, 0.15) is 32.6 Å². The molecule has 1 N–H and O–H groups in total. The Balaban J connectivity index is 0.00000110. The van der Waals surface area contributed by atoms with Gasteiger partial charge in [-0.2, -0.15) is 0 Å². The van der Waals surface area contributed by atoms with Gasteiger partial charge in [0.2, 0.25) is 5.91 Å². The topological polar surface area (TPSA) is 35.6 Å². The zero-order valence-corrected chi connectivity index (χ0v) is 14.8. The second kappa shape index (κ2) is 7.03. The van der Waals surface area contributed by atoms with E-state index in [2.05, 4.69) is 29.1 Å². The smallest absolute Gasteiger partial charge is 0.229 e. The molecular formula is C15H29Cl2N3O. The molecule has 3 aliphatic rings. The van der Waals surface area contributed by atoms with Crippen LogP contribution in [0.5, 0.6) is 0 Å². The number of hydrogen-bond donors (Lipinski definition) is 1. The van der Waals surface area contributed by atoms with Crippen LogP contribution < -0.4 is 5.32 Å². The molecule has 1 spiro atoms. The van der Waals surface area contributed by atoms with E-state index >= 15 is 0 Å². The lowest BCUT2D eigenvalue weighted by atomic mass is 9.85. The van der Waals surface area contributed by atoms with Gasteiger partial charge in [0, 0.05) is 19.6 Å². The van der Waals surface area contributed by atoms with Crippen LogP contribution in [0.25, 0.3) is 0 Å². The number of nitrogens with zero attached hydrogens (tertiary/aromatic N) is 2. The van der Waals surface area contributed by atoms with Crippen LogP contribution in [-0.4, -0.2) is 62.0 Å². The summed E-state index contributed by atoms with van der Waals surface area (Å²) in [5.74, 6) is 0.435. The Kier molecular flexibility index (Phi) is 6.37. The monoisotopic (exact) mass is 337 g/mol. The number of carbonyl (C=O) groups excluding carboxylic acids is 1. The van der Waals surface area contributed by atoms with Gasteiger partial charge >= 0.3 is 0 Å². The van der Waals surface area contributed by atoms with Crippen LogP contribution in [0.2, 0.25) is 0 Å². The Bertz CT molecular complexity index is 374. The van der Waals surface area contributed by atoms with Crippen molar-refractivity contribution >= 4 is 30.7 Å². The van der Waals surface area contributed by atoms with Crippen LogP contribution >= 0.6 is 24.8 Å². The Labute approximate surface area is 140 Å². The second-order valence-corrected chi connectivity index (χ2v) is 6.99. The Morgan fingerprint density at radius 3 is 2.38 bits per heavy atom. The van der Waals surface area contributed by atoms with Crippen LogP contribution in [0.15, 0.2) is 0 Å². The van der Waals surface area contributed by atoms with Crippen LogP contribution in [0.4, 0.5) is 0 Å². The first kappa shape index (κ1) is 19.0. The summed E-state index contributed by atoms with van der Waals surface area (Å²) in [5, 5.41) is 3.42. The van der Waals surface area contributed by atoms with Crippen molar-refractivity contribution < 1.29 is 4.79 Å². The van der Waals surface area contributed by atoms with Gasteiger partial charge in [-0.25, -0.2) is 0 Å². The summed E-state index contributed by atoms with van der Waals surface area (Å²) in [4.78, 5) is 17.4. The van der Waals surface area contributed by atoms with Gasteiger partial charge < -0.3 is 15.1 Å². The number of nitrogens with one attached hydrogen (secondary N) is 1. The Morgan fingerprint density at radius 2 is 1.71 bits per heavy atom. The maximum atomic E-state index is 12.9. The van der Waals surface area contributed by atoms with Gasteiger partial charge in [-0.15, -0.1) is 24.8 Å². The van der Waals surface area contributed by atoms with E-state index in [9.17, 15) is 4.79 Å². The van der Waals surface area contributed by atoms with Crippen molar-refractivity contribution in [3.8, 4) is 0 Å². The Morgan fingerprint density at radius 1 is 1.05 bits per heavy atom. The van der Waals surface area contributed by atoms with E-state index < -0.39 is 0 Å². The molecular weight excluding hydrogens is 309 g/mol. The second-order valence-electron chi connectivity index (χ2n) is 6.99. The molecule has 0 aromatic heterocycles. The normalized spacial score (nSPS) is 31.8. The van der Waals surface area contributed by atoms with E-state index in [0.29, 0.717) is 11.3 Å². The highest BCUT2D eigenvalue weighted by Crippen LogP contribution is 2.68. The number of hydrogen-bond acceptors (Lipinski definition) is 3. The quantitative estimate of drug-likeness (QED) is 0.792. The van der Waals surface area contributed by atoms with Gasteiger partial charge in [-0.1, -0.05) is 6.92 Å². The third kappa shape index (κ3) is 3.34. The summed E-state index contributed by atoms with van der Waals surface area (Å²) >= 11 is 0. The van der Waals surface area contributed by atoms with Crippen LogP contribution in [0, 0.1) is 10.8 Å². The molecule has 0 aromatic rings. The minimum Gasteiger partial charge on any atom is -0.341 e. The van der Waals surface area contributed by atoms with E-state index in [1.807, 2.05) is 0 Å². The Hall–Kier alpha value is -0.0300. The molecule has 3 fully saturated rings. The van der Waals surface area contributed by atoms with Crippen molar-refractivity contribution in [2.75, 3.05) is 46.3 Å². The zero-order chi connectivity index (χ0) is 13.5. The van der Waals surface area contributed by atoms with Crippen molar-refractivity contribution in [1.29, 1.82) is 0 Å².